The molecule has 1 atom stereocenters. The second-order valence-corrected chi connectivity index (χ2v) is 7.51. The summed E-state index contributed by atoms with van der Waals surface area (Å²) in [7, 11) is -1.29. The first-order chi connectivity index (χ1) is 12.3. The number of sulfonamides is 1. The third kappa shape index (κ3) is 4.32. The standard InChI is InChI=1S/C16H22N2O7S/c1-11(16(20)24-3)17-15(19)12-4-5-13(23-2)14(10-12)26(21,22)18-6-8-25-9-7-18/h4-5,10-11H,6-9H2,1-3H3,(H,17,19). The van der Waals surface area contributed by atoms with Gasteiger partial charge in [0.05, 0.1) is 27.4 Å². The second kappa shape index (κ2) is 8.47. The predicted molar refractivity (Wildman–Crippen MR) is 91.5 cm³/mol. The molecule has 10 heteroatoms. The number of carbonyl (C=O) groups is 2. The van der Waals surface area contributed by atoms with E-state index in [4.69, 9.17) is 9.47 Å². The van der Waals surface area contributed by atoms with Gasteiger partial charge < -0.3 is 19.5 Å². The number of rotatable bonds is 6. The molecule has 1 amide bonds. The van der Waals surface area contributed by atoms with Crippen LogP contribution >= 0.6 is 0 Å². The van der Waals surface area contributed by atoms with Crippen LogP contribution in [0.5, 0.6) is 5.75 Å². The maximum atomic E-state index is 12.9. The Morgan fingerprint density at radius 2 is 1.88 bits per heavy atom. The first-order valence-electron chi connectivity index (χ1n) is 7.96. The van der Waals surface area contributed by atoms with Crippen LogP contribution in [0.2, 0.25) is 0 Å². The predicted octanol–water partition coefficient (Wildman–Crippen LogP) is 0.00740. The highest BCUT2D eigenvalue weighted by Crippen LogP contribution is 2.28. The number of amides is 1. The van der Waals surface area contributed by atoms with E-state index in [2.05, 4.69) is 10.1 Å². The first kappa shape index (κ1) is 20.1. The Kier molecular flexibility index (Phi) is 6.57. The summed E-state index contributed by atoms with van der Waals surface area (Å²) in [4.78, 5) is 23.7. The Morgan fingerprint density at radius 3 is 2.46 bits per heavy atom. The molecule has 1 unspecified atom stereocenters. The van der Waals surface area contributed by atoms with E-state index < -0.39 is 27.9 Å². The molecule has 0 aliphatic carbocycles. The van der Waals surface area contributed by atoms with Gasteiger partial charge in [0, 0.05) is 18.7 Å². The lowest BCUT2D eigenvalue weighted by molar-refractivity contribution is -0.142. The molecule has 2 rings (SSSR count). The van der Waals surface area contributed by atoms with Gasteiger partial charge in [-0.05, 0) is 25.1 Å². The molecular weight excluding hydrogens is 364 g/mol. The molecular formula is C16H22N2O7S. The number of ether oxygens (including phenoxy) is 3. The van der Waals surface area contributed by atoms with Gasteiger partial charge in [0.1, 0.15) is 16.7 Å². The van der Waals surface area contributed by atoms with Crippen LogP contribution in [0.1, 0.15) is 17.3 Å². The van der Waals surface area contributed by atoms with Crippen LogP contribution in [0.15, 0.2) is 23.1 Å². The second-order valence-electron chi connectivity index (χ2n) is 5.60. The number of esters is 1. The summed E-state index contributed by atoms with van der Waals surface area (Å²) in [5.74, 6) is -1.06. The van der Waals surface area contributed by atoms with E-state index >= 15 is 0 Å². The van der Waals surface area contributed by atoms with Gasteiger partial charge in [-0.2, -0.15) is 4.31 Å². The normalized spacial score (nSPS) is 16.6. The largest absolute Gasteiger partial charge is 0.495 e. The maximum Gasteiger partial charge on any atom is 0.328 e. The molecule has 1 aromatic rings. The van der Waals surface area contributed by atoms with Crippen molar-refractivity contribution in [3.8, 4) is 5.75 Å². The monoisotopic (exact) mass is 386 g/mol. The average molecular weight is 386 g/mol. The van der Waals surface area contributed by atoms with Crippen molar-refractivity contribution >= 4 is 21.9 Å². The number of methoxy groups -OCH3 is 2. The van der Waals surface area contributed by atoms with Gasteiger partial charge in [-0.1, -0.05) is 0 Å². The summed E-state index contributed by atoms with van der Waals surface area (Å²) in [5, 5.41) is 2.46. The molecule has 0 spiro atoms. The molecule has 0 radical (unpaired) electrons. The van der Waals surface area contributed by atoms with Crippen molar-refractivity contribution in [2.45, 2.75) is 17.9 Å². The topological polar surface area (TPSA) is 111 Å². The van der Waals surface area contributed by atoms with Crippen molar-refractivity contribution in [3.63, 3.8) is 0 Å². The Labute approximate surface area is 152 Å². The zero-order valence-electron chi connectivity index (χ0n) is 14.9. The third-order valence-corrected chi connectivity index (χ3v) is 5.84. The van der Waals surface area contributed by atoms with E-state index in [0.29, 0.717) is 13.2 Å². The number of nitrogens with zero attached hydrogens (tertiary/aromatic N) is 1. The Balaban J connectivity index is 2.33. The van der Waals surface area contributed by atoms with E-state index in [1.807, 2.05) is 0 Å². The number of hydrogen-bond donors (Lipinski definition) is 1. The van der Waals surface area contributed by atoms with Crippen LogP contribution in [0.4, 0.5) is 0 Å². The van der Waals surface area contributed by atoms with Gasteiger partial charge in [0.2, 0.25) is 10.0 Å². The van der Waals surface area contributed by atoms with Crippen LogP contribution in [-0.2, 0) is 24.3 Å². The molecule has 1 N–H and O–H groups in total. The van der Waals surface area contributed by atoms with Crippen LogP contribution in [0.3, 0.4) is 0 Å². The van der Waals surface area contributed by atoms with E-state index in [9.17, 15) is 18.0 Å². The summed E-state index contributed by atoms with van der Waals surface area (Å²) in [6.07, 6.45) is 0. The van der Waals surface area contributed by atoms with Crippen LogP contribution in [0, 0.1) is 0 Å². The summed E-state index contributed by atoms with van der Waals surface area (Å²) in [6.45, 7) is 2.53. The Morgan fingerprint density at radius 1 is 1.23 bits per heavy atom. The molecule has 9 nitrogen and oxygen atoms in total. The molecule has 144 valence electrons. The lowest BCUT2D eigenvalue weighted by Gasteiger charge is -2.26. The van der Waals surface area contributed by atoms with Gasteiger partial charge in [-0.3, -0.25) is 4.79 Å². The first-order valence-corrected chi connectivity index (χ1v) is 9.40. The minimum atomic E-state index is -3.85. The SMILES string of the molecule is COC(=O)C(C)NC(=O)c1ccc(OC)c(S(=O)(=O)N2CCOCC2)c1. The summed E-state index contributed by atoms with van der Waals surface area (Å²) < 4.78 is 42.0. The number of benzene rings is 1. The smallest absolute Gasteiger partial charge is 0.328 e. The molecule has 1 aromatic carbocycles. The average Bonchev–Trinajstić information content (AvgIpc) is 2.67. The van der Waals surface area contributed by atoms with Gasteiger partial charge >= 0.3 is 5.97 Å². The van der Waals surface area contributed by atoms with Crippen LogP contribution < -0.4 is 10.1 Å². The molecule has 1 aliphatic heterocycles. The molecule has 0 bridgehead atoms. The van der Waals surface area contributed by atoms with Gasteiger partial charge in [0.25, 0.3) is 5.91 Å². The quantitative estimate of drug-likeness (QED) is 0.686. The number of morpholine rings is 1. The molecule has 0 saturated carbocycles. The number of hydrogen-bond acceptors (Lipinski definition) is 7. The highest BCUT2D eigenvalue weighted by atomic mass is 32.2. The Bertz CT molecular complexity index is 773. The van der Waals surface area contributed by atoms with Crippen LogP contribution in [0.25, 0.3) is 0 Å². The third-order valence-electron chi connectivity index (χ3n) is 3.92. The maximum absolute atomic E-state index is 12.9. The van der Waals surface area contributed by atoms with Gasteiger partial charge in [0.15, 0.2) is 0 Å². The highest BCUT2D eigenvalue weighted by Gasteiger charge is 2.30. The lowest BCUT2D eigenvalue weighted by atomic mass is 10.2. The molecule has 1 fully saturated rings. The van der Waals surface area contributed by atoms with Crippen molar-refractivity contribution in [1.29, 1.82) is 0 Å². The van der Waals surface area contributed by atoms with Crippen molar-refractivity contribution in [1.82, 2.24) is 9.62 Å². The van der Waals surface area contributed by atoms with Crippen molar-refractivity contribution in [3.05, 3.63) is 23.8 Å². The fourth-order valence-corrected chi connectivity index (χ4v) is 4.05. The van der Waals surface area contributed by atoms with Gasteiger partial charge in [-0.15, -0.1) is 0 Å². The van der Waals surface area contributed by atoms with E-state index in [1.165, 1.54) is 43.6 Å². The fourth-order valence-electron chi connectivity index (χ4n) is 2.46. The van der Waals surface area contributed by atoms with Crippen molar-refractivity contribution < 1.29 is 32.2 Å². The summed E-state index contributed by atoms with van der Waals surface area (Å²) in [5.41, 5.74) is 0.0911. The summed E-state index contributed by atoms with van der Waals surface area (Å²) >= 11 is 0. The van der Waals surface area contributed by atoms with Crippen molar-refractivity contribution in [2.24, 2.45) is 0 Å². The van der Waals surface area contributed by atoms with Gasteiger partial charge in [-0.25, -0.2) is 13.2 Å². The molecule has 1 saturated heterocycles. The van der Waals surface area contributed by atoms with Crippen molar-refractivity contribution in [2.75, 3.05) is 40.5 Å². The molecule has 26 heavy (non-hydrogen) atoms. The molecule has 1 aliphatic rings. The fraction of sp³-hybridized carbons (Fsp3) is 0.500. The highest BCUT2D eigenvalue weighted by molar-refractivity contribution is 7.89. The number of carbonyl (C=O) groups excluding carboxylic acids is 2. The van der Waals surface area contributed by atoms with E-state index in [0.717, 1.165) is 0 Å². The zero-order chi connectivity index (χ0) is 19.3. The van der Waals surface area contributed by atoms with E-state index in [-0.39, 0.29) is 29.3 Å². The van der Waals surface area contributed by atoms with Crippen LogP contribution in [-0.4, -0.2) is 71.2 Å². The summed E-state index contributed by atoms with van der Waals surface area (Å²) in [6, 6.07) is 3.21. The Hall–Kier alpha value is -2.17. The lowest BCUT2D eigenvalue weighted by Crippen LogP contribution is -2.41. The minimum absolute atomic E-state index is 0.0911. The zero-order valence-corrected chi connectivity index (χ0v) is 15.7. The van der Waals surface area contributed by atoms with E-state index in [1.54, 1.807) is 0 Å². The minimum Gasteiger partial charge on any atom is -0.495 e. The molecule has 1 heterocycles. The molecule has 0 aromatic heterocycles. The number of nitrogens with one attached hydrogen (secondary N) is 1.